The smallest absolute Gasteiger partial charge is 0.165 e. The first-order valence-electron chi connectivity index (χ1n) is 14.6. The van der Waals surface area contributed by atoms with Gasteiger partial charge in [0.25, 0.3) is 0 Å². The Hall–Kier alpha value is -2.15. The van der Waals surface area contributed by atoms with Gasteiger partial charge < -0.3 is 23.8 Å². The molecule has 6 heteroatoms. The van der Waals surface area contributed by atoms with Gasteiger partial charge in [0, 0.05) is 42.8 Å². The van der Waals surface area contributed by atoms with Gasteiger partial charge in [-0.25, -0.2) is 4.39 Å². The van der Waals surface area contributed by atoms with E-state index in [4.69, 9.17) is 14.2 Å². The average molecular weight is 521 g/mol. The molecule has 7 aliphatic rings. The number of likely N-dealkylation sites (tertiary alicyclic amines) is 1. The van der Waals surface area contributed by atoms with E-state index in [9.17, 15) is 9.50 Å². The number of fused-ring (bicyclic) bond motifs is 2. The average Bonchev–Trinajstić information content (AvgIpc) is 3.63. The molecule has 2 aromatic rings. The fourth-order valence-corrected chi connectivity index (χ4v) is 10.4. The third kappa shape index (κ3) is 2.82. The molecule has 9 rings (SSSR count). The van der Waals surface area contributed by atoms with Crippen LogP contribution in [0.5, 0.6) is 11.5 Å². The zero-order chi connectivity index (χ0) is 25.9. The monoisotopic (exact) mass is 520 g/mol. The van der Waals surface area contributed by atoms with Crippen molar-refractivity contribution in [1.29, 1.82) is 0 Å². The Morgan fingerprint density at radius 1 is 1.16 bits per heavy atom. The van der Waals surface area contributed by atoms with E-state index in [0.717, 1.165) is 60.4 Å². The van der Waals surface area contributed by atoms with Crippen molar-refractivity contribution in [3.63, 3.8) is 0 Å². The summed E-state index contributed by atoms with van der Waals surface area (Å²) in [6.07, 6.45) is 7.92. The maximum atomic E-state index is 13.8. The second kappa shape index (κ2) is 7.74. The highest BCUT2D eigenvalue weighted by Crippen LogP contribution is 2.77. The summed E-state index contributed by atoms with van der Waals surface area (Å²) in [6, 6.07) is 11.2. The number of phenolic OH excluding ortho intramolecular Hbond substituents is 1. The lowest BCUT2D eigenvalue weighted by atomic mass is 9.34. The molecule has 7 atom stereocenters. The van der Waals surface area contributed by atoms with Crippen LogP contribution in [0.1, 0.15) is 55.2 Å². The lowest BCUT2D eigenvalue weighted by molar-refractivity contribution is -0.952. The van der Waals surface area contributed by atoms with Gasteiger partial charge in [-0.05, 0) is 61.4 Å². The largest absolute Gasteiger partial charge is 0.504 e. The van der Waals surface area contributed by atoms with E-state index in [1.54, 1.807) is 12.1 Å². The molecule has 0 amide bonds. The minimum atomic E-state index is -0.467. The van der Waals surface area contributed by atoms with E-state index < -0.39 is 5.60 Å². The first-order valence-corrected chi connectivity index (χ1v) is 14.6. The topological polar surface area (TPSA) is 47.9 Å². The number of hydrogen-bond acceptors (Lipinski definition) is 4. The first kappa shape index (κ1) is 23.7. The second-order valence-electron chi connectivity index (χ2n) is 13.6. The Labute approximate surface area is 224 Å². The molecule has 202 valence electrons. The van der Waals surface area contributed by atoms with Crippen LogP contribution in [-0.4, -0.2) is 61.2 Å². The predicted octanol–water partition coefficient (Wildman–Crippen LogP) is 5.12. The van der Waals surface area contributed by atoms with Gasteiger partial charge in [-0.3, -0.25) is 0 Å². The molecular weight excluding hydrogens is 481 g/mol. The summed E-state index contributed by atoms with van der Waals surface area (Å²) in [5, 5.41) is 11.0. The lowest BCUT2D eigenvalue weighted by Crippen LogP contribution is -2.83. The Morgan fingerprint density at radius 2 is 2.03 bits per heavy atom. The maximum Gasteiger partial charge on any atom is 0.165 e. The van der Waals surface area contributed by atoms with E-state index in [1.807, 2.05) is 19.2 Å². The molecule has 0 aromatic heterocycles. The van der Waals surface area contributed by atoms with Crippen molar-refractivity contribution in [3.05, 3.63) is 58.9 Å². The molecule has 1 saturated heterocycles. The molecule has 38 heavy (non-hydrogen) atoms. The number of nitrogens with zero attached hydrogens (tertiary/aromatic N) is 1. The van der Waals surface area contributed by atoms with Gasteiger partial charge in [-0.2, -0.15) is 0 Å². The number of ether oxygens (including phenoxy) is 3. The molecule has 0 radical (unpaired) electrons. The molecule has 5 nitrogen and oxygen atoms in total. The Morgan fingerprint density at radius 3 is 2.82 bits per heavy atom. The van der Waals surface area contributed by atoms with Crippen molar-refractivity contribution in [1.82, 2.24) is 0 Å². The third-order valence-corrected chi connectivity index (χ3v) is 12.0. The Bertz CT molecular complexity index is 1310. The summed E-state index contributed by atoms with van der Waals surface area (Å²) in [5.41, 5.74) is 3.05. The molecule has 2 heterocycles. The fraction of sp³-hybridized carbons (Fsp3) is 0.625. The number of phenols is 1. The number of methoxy groups -OCH3 is 1. The zero-order valence-corrected chi connectivity index (χ0v) is 22.5. The number of quaternary nitrogens is 1. The molecule has 2 spiro atoms. The van der Waals surface area contributed by atoms with Crippen LogP contribution in [0.4, 0.5) is 4.39 Å². The molecule has 2 aromatic carbocycles. The molecule has 1 N–H and O–H groups in total. The van der Waals surface area contributed by atoms with Crippen LogP contribution < -0.4 is 4.74 Å². The summed E-state index contributed by atoms with van der Waals surface area (Å²) in [6.45, 7) is 3.40. The summed E-state index contributed by atoms with van der Waals surface area (Å²) < 4.78 is 34.8. The molecular formula is C32H39FNO4+. The van der Waals surface area contributed by atoms with Gasteiger partial charge in [0.2, 0.25) is 0 Å². The normalized spacial score (nSPS) is 41.6. The lowest BCUT2D eigenvalue weighted by Gasteiger charge is -2.74. The summed E-state index contributed by atoms with van der Waals surface area (Å²) >= 11 is 0. The highest BCUT2D eigenvalue weighted by Gasteiger charge is 2.83. The first-order chi connectivity index (χ1) is 18.4. The van der Waals surface area contributed by atoms with Gasteiger partial charge in [0.15, 0.2) is 11.5 Å². The molecule has 5 fully saturated rings. The predicted molar refractivity (Wildman–Crippen MR) is 141 cm³/mol. The number of halogens is 1. The van der Waals surface area contributed by atoms with Crippen LogP contribution in [-0.2, 0) is 27.9 Å². The van der Waals surface area contributed by atoms with Gasteiger partial charge >= 0.3 is 0 Å². The van der Waals surface area contributed by atoms with E-state index in [1.165, 1.54) is 36.6 Å². The van der Waals surface area contributed by atoms with Gasteiger partial charge in [0.05, 0.1) is 44.8 Å². The van der Waals surface area contributed by atoms with Crippen LogP contribution in [0.15, 0.2) is 36.4 Å². The second-order valence-corrected chi connectivity index (χ2v) is 13.6. The molecule has 1 unspecified atom stereocenters. The van der Waals surface area contributed by atoms with Gasteiger partial charge in [-0.1, -0.05) is 18.2 Å². The summed E-state index contributed by atoms with van der Waals surface area (Å²) in [4.78, 5) is 0. The van der Waals surface area contributed by atoms with Crippen molar-refractivity contribution >= 4 is 0 Å². The Balaban J connectivity index is 1.22. The quantitative estimate of drug-likeness (QED) is 0.515. The highest BCUT2D eigenvalue weighted by atomic mass is 19.1. The van der Waals surface area contributed by atoms with Crippen molar-refractivity contribution < 1.29 is 28.2 Å². The van der Waals surface area contributed by atoms with Crippen LogP contribution in [0.2, 0.25) is 0 Å². The van der Waals surface area contributed by atoms with E-state index >= 15 is 0 Å². The van der Waals surface area contributed by atoms with Crippen LogP contribution in [0.3, 0.4) is 0 Å². The number of benzene rings is 2. The van der Waals surface area contributed by atoms with Crippen molar-refractivity contribution in [2.45, 2.75) is 74.7 Å². The molecule has 2 aliphatic heterocycles. The zero-order valence-electron chi connectivity index (χ0n) is 22.5. The van der Waals surface area contributed by atoms with Crippen LogP contribution in [0.25, 0.3) is 0 Å². The molecule has 4 bridgehead atoms. The number of likely N-dealkylation sites (N-methyl/N-ethyl adjacent to an activating group) is 1. The van der Waals surface area contributed by atoms with Gasteiger partial charge in [-0.15, -0.1) is 0 Å². The number of aromatic hydroxyl groups is 1. The SMILES string of the molecule is CO[C@]12CC[C@@]3(C[C@@H]1COCc1cccc(F)c1)[C@H]1Cc4ccc(O)c5c4[C@@]3(CC[N+]1(C)CC1CC1)[C@H]2O5. The van der Waals surface area contributed by atoms with Crippen LogP contribution >= 0.6 is 0 Å². The summed E-state index contributed by atoms with van der Waals surface area (Å²) in [7, 11) is 4.38. The summed E-state index contributed by atoms with van der Waals surface area (Å²) in [5.74, 6) is 1.81. The minimum absolute atomic E-state index is 0.0960. The van der Waals surface area contributed by atoms with E-state index in [0.29, 0.717) is 19.3 Å². The van der Waals surface area contributed by atoms with E-state index in [-0.39, 0.29) is 34.4 Å². The minimum Gasteiger partial charge on any atom is -0.504 e. The highest BCUT2D eigenvalue weighted by molar-refractivity contribution is 5.62. The van der Waals surface area contributed by atoms with Crippen molar-refractivity contribution in [2.75, 3.05) is 33.9 Å². The van der Waals surface area contributed by atoms with E-state index in [2.05, 4.69) is 13.1 Å². The maximum absolute atomic E-state index is 13.8. The molecule has 5 aliphatic carbocycles. The standard InChI is InChI=1S/C32H38FNO4/c1-34(17-20-6-7-20)13-12-31-27-22-8-9-25(35)28(27)38-29(31)32(36-2)11-10-30(31,26(34)15-22)16-23(32)19-37-18-21-4-3-5-24(33)14-21/h3-5,8-9,14,20,23,26,29H,6-7,10-13,15-19H2,1-2H3/p+1/t23-,26-,29-,30-,31+,32-,34?/m1/s1. The third-order valence-electron chi connectivity index (χ3n) is 12.0. The van der Waals surface area contributed by atoms with Crippen molar-refractivity contribution in [3.8, 4) is 11.5 Å². The number of rotatable bonds is 7. The van der Waals surface area contributed by atoms with Crippen LogP contribution in [0, 0.1) is 23.1 Å². The number of piperidine rings is 1. The van der Waals surface area contributed by atoms with Crippen molar-refractivity contribution in [2.24, 2.45) is 17.3 Å². The fourth-order valence-electron chi connectivity index (χ4n) is 10.4. The van der Waals surface area contributed by atoms with Gasteiger partial charge in [0.1, 0.15) is 17.5 Å². The molecule has 4 saturated carbocycles. The number of hydrogen-bond donors (Lipinski definition) is 1. The Kier molecular flexibility index (Phi) is 4.83.